The molecular formula is C28H36BN3O4. The zero-order chi connectivity index (χ0) is 25.9. The molecule has 0 spiro atoms. The fraction of sp³-hybridized carbons (Fsp3) is 0.429. The number of imidazole rings is 1. The van der Waals surface area contributed by atoms with Crippen LogP contribution in [0.15, 0.2) is 60.8 Å². The van der Waals surface area contributed by atoms with E-state index in [9.17, 15) is 4.79 Å². The molecule has 0 aliphatic carbocycles. The first kappa shape index (κ1) is 26.0. The summed E-state index contributed by atoms with van der Waals surface area (Å²) in [5.41, 5.74) is 3.05. The molecule has 0 bridgehead atoms. The third-order valence-corrected chi connectivity index (χ3v) is 7.11. The van der Waals surface area contributed by atoms with Gasteiger partial charge in [0.15, 0.2) is 0 Å². The number of amides is 1. The van der Waals surface area contributed by atoms with Gasteiger partial charge in [0, 0.05) is 6.54 Å². The highest BCUT2D eigenvalue weighted by molar-refractivity contribution is 6.62. The van der Waals surface area contributed by atoms with Gasteiger partial charge in [0.25, 0.3) is 0 Å². The van der Waals surface area contributed by atoms with Crippen LogP contribution in [0.3, 0.4) is 0 Å². The minimum absolute atomic E-state index is 0.241. The van der Waals surface area contributed by atoms with Crippen molar-refractivity contribution >= 4 is 18.7 Å². The lowest BCUT2D eigenvalue weighted by Crippen LogP contribution is -2.41. The summed E-state index contributed by atoms with van der Waals surface area (Å²) >= 11 is 0. The van der Waals surface area contributed by atoms with E-state index < -0.39 is 7.12 Å². The van der Waals surface area contributed by atoms with Crippen LogP contribution in [0, 0.1) is 0 Å². The lowest BCUT2D eigenvalue weighted by molar-refractivity contribution is 0.00578. The van der Waals surface area contributed by atoms with Crippen molar-refractivity contribution < 1.29 is 18.8 Å². The molecule has 1 saturated heterocycles. The van der Waals surface area contributed by atoms with Crippen LogP contribution < -0.4 is 5.46 Å². The summed E-state index contributed by atoms with van der Waals surface area (Å²) in [5, 5.41) is 0. The molecule has 2 aromatic carbocycles. The molecule has 1 aromatic heterocycles. The fourth-order valence-electron chi connectivity index (χ4n) is 4.13. The van der Waals surface area contributed by atoms with Gasteiger partial charge in [-0.3, -0.25) is 4.90 Å². The maximum Gasteiger partial charge on any atom is 0.494 e. The number of nitrogens with zero attached hydrogens (tertiary/aromatic N) is 2. The number of ether oxygens (including phenoxy) is 1. The first-order chi connectivity index (χ1) is 17.1. The van der Waals surface area contributed by atoms with Gasteiger partial charge in [0.05, 0.1) is 29.1 Å². The van der Waals surface area contributed by atoms with E-state index in [0.717, 1.165) is 28.7 Å². The minimum atomic E-state index is -0.397. The second kappa shape index (κ2) is 10.5. The van der Waals surface area contributed by atoms with Crippen LogP contribution in [0.1, 0.15) is 65.4 Å². The van der Waals surface area contributed by atoms with Crippen molar-refractivity contribution in [3.63, 3.8) is 0 Å². The molecule has 8 heteroatoms. The number of benzene rings is 2. The average Bonchev–Trinajstić information content (AvgIpc) is 3.43. The van der Waals surface area contributed by atoms with Gasteiger partial charge in [-0.05, 0) is 57.6 Å². The van der Waals surface area contributed by atoms with Crippen LogP contribution >= 0.6 is 0 Å². The van der Waals surface area contributed by atoms with Crippen LogP contribution in [0.25, 0.3) is 11.3 Å². The van der Waals surface area contributed by atoms with Gasteiger partial charge < -0.3 is 19.0 Å². The zero-order valence-corrected chi connectivity index (χ0v) is 22.1. The molecule has 2 heterocycles. The Hall–Kier alpha value is -3.10. The number of aromatic amines is 1. The molecule has 1 amide bonds. The predicted octanol–water partition coefficient (Wildman–Crippen LogP) is 5.49. The number of hydrogen-bond donors (Lipinski definition) is 1. The van der Waals surface area contributed by atoms with Gasteiger partial charge in [-0.25, -0.2) is 9.78 Å². The van der Waals surface area contributed by atoms with E-state index in [1.54, 1.807) is 11.1 Å². The molecule has 0 unspecified atom stereocenters. The SMILES string of the molecule is CCCN(C(=O)OCc1ccccc1)[C@@H](C)c1ncc(-c2ccc(B3OC(C)(C)C(C)(C)O3)cc2)[nH]1. The second-order valence-corrected chi connectivity index (χ2v) is 10.3. The van der Waals surface area contributed by atoms with Gasteiger partial charge in [-0.15, -0.1) is 0 Å². The molecule has 0 saturated carbocycles. The molecular weight excluding hydrogens is 453 g/mol. The Morgan fingerprint density at radius 3 is 2.31 bits per heavy atom. The van der Waals surface area contributed by atoms with E-state index in [4.69, 9.17) is 14.0 Å². The lowest BCUT2D eigenvalue weighted by atomic mass is 9.79. The number of rotatable bonds is 8. The summed E-state index contributed by atoms with van der Waals surface area (Å²) in [7, 11) is -0.397. The van der Waals surface area contributed by atoms with Crippen LogP contribution in [-0.4, -0.2) is 45.8 Å². The van der Waals surface area contributed by atoms with Crippen LogP contribution in [0.4, 0.5) is 4.79 Å². The summed E-state index contributed by atoms with van der Waals surface area (Å²) in [5.74, 6) is 0.713. The van der Waals surface area contributed by atoms with E-state index in [0.29, 0.717) is 12.4 Å². The normalized spacial score (nSPS) is 17.1. The molecule has 1 aliphatic heterocycles. The maximum absolute atomic E-state index is 12.9. The molecule has 1 atom stereocenters. The fourth-order valence-corrected chi connectivity index (χ4v) is 4.13. The van der Waals surface area contributed by atoms with E-state index in [1.165, 1.54) is 0 Å². The topological polar surface area (TPSA) is 76.7 Å². The summed E-state index contributed by atoms with van der Waals surface area (Å²) in [6.07, 6.45) is 2.27. The van der Waals surface area contributed by atoms with Gasteiger partial charge in [0.1, 0.15) is 12.4 Å². The highest BCUT2D eigenvalue weighted by atomic mass is 16.7. The van der Waals surface area contributed by atoms with Crippen molar-refractivity contribution in [2.24, 2.45) is 0 Å². The number of carbonyl (C=O) groups is 1. The number of carbonyl (C=O) groups excluding carboxylic acids is 1. The van der Waals surface area contributed by atoms with Gasteiger partial charge in [-0.1, -0.05) is 61.5 Å². The molecule has 190 valence electrons. The van der Waals surface area contributed by atoms with Crippen molar-refractivity contribution in [3.8, 4) is 11.3 Å². The summed E-state index contributed by atoms with van der Waals surface area (Å²) in [6.45, 7) is 13.0. The summed E-state index contributed by atoms with van der Waals surface area (Å²) in [6, 6.07) is 17.5. The largest absolute Gasteiger partial charge is 0.494 e. The summed E-state index contributed by atoms with van der Waals surface area (Å²) in [4.78, 5) is 22.6. The first-order valence-electron chi connectivity index (χ1n) is 12.6. The Morgan fingerprint density at radius 1 is 1.06 bits per heavy atom. The number of hydrogen-bond acceptors (Lipinski definition) is 5. The molecule has 1 fully saturated rings. The Bertz CT molecular complexity index is 1150. The third kappa shape index (κ3) is 5.50. The molecule has 1 aliphatic rings. The zero-order valence-electron chi connectivity index (χ0n) is 22.1. The van der Waals surface area contributed by atoms with E-state index in [2.05, 4.69) is 9.97 Å². The third-order valence-electron chi connectivity index (χ3n) is 7.11. The highest BCUT2D eigenvalue weighted by Crippen LogP contribution is 2.36. The van der Waals surface area contributed by atoms with Crippen molar-refractivity contribution in [1.82, 2.24) is 14.9 Å². The minimum Gasteiger partial charge on any atom is -0.445 e. The van der Waals surface area contributed by atoms with E-state index in [-0.39, 0.29) is 29.9 Å². The van der Waals surface area contributed by atoms with Crippen molar-refractivity contribution in [3.05, 3.63) is 72.2 Å². The van der Waals surface area contributed by atoms with Crippen LogP contribution in [0.5, 0.6) is 0 Å². The van der Waals surface area contributed by atoms with E-state index >= 15 is 0 Å². The molecule has 7 nitrogen and oxygen atoms in total. The molecule has 36 heavy (non-hydrogen) atoms. The van der Waals surface area contributed by atoms with Gasteiger partial charge in [-0.2, -0.15) is 0 Å². The Balaban J connectivity index is 1.43. The summed E-state index contributed by atoms with van der Waals surface area (Å²) < 4.78 is 17.9. The number of H-pyrrole nitrogens is 1. The smallest absolute Gasteiger partial charge is 0.445 e. The van der Waals surface area contributed by atoms with E-state index in [1.807, 2.05) is 96.1 Å². The van der Waals surface area contributed by atoms with Crippen LogP contribution in [-0.2, 0) is 20.7 Å². The monoisotopic (exact) mass is 489 g/mol. The quantitative estimate of drug-likeness (QED) is 0.424. The molecule has 1 N–H and O–H groups in total. The standard InChI is InChI=1S/C28H36BN3O4/c1-7-17-32(26(33)34-19-21-11-9-8-10-12-21)20(2)25-30-18-24(31-25)22-13-15-23(16-14-22)29-35-27(3,4)28(5,6)36-29/h8-16,18,20H,7,17,19H2,1-6H3,(H,30,31)/t20-/m0/s1. The average molecular weight is 489 g/mol. The predicted molar refractivity (Wildman–Crippen MR) is 142 cm³/mol. The van der Waals surface area contributed by atoms with Gasteiger partial charge in [0.2, 0.25) is 0 Å². The van der Waals surface area contributed by atoms with Crippen molar-refractivity contribution in [2.45, 2.75) is 71.8 Å². The number of nitrogens with one attached hydrogen (secondary N) is 1. The Morgan fingerprint density at radius 2 is 1.69 bits per heavy atom. The Kier molecular flexibility index (Phi) is 7.57. The lowest BCUT2D eigenvalue weighted by Gasteiger charge is -2.32. The first-order valence-corrected chi connectivity index (χ1v) is 12.6. The van der Waals surface area contributed by atoms with Crippen molar-refractivity contribution in [1.29, 1.82) is 0 Å². The molecule has 3 aromatic rings. The van der Waals surface area contributed by atoms with Crippen LogP contribution in [0.2, 0.25) is 0 Å². The van der Waals surface area contributed by atoms with Crippen molar-refractivity contribution in [2.75, 3.05) is 6.54 Å². The second-order valence-electron chi connectivity index (χ2n) is 10.3. The van der Waals surface area contributed by atoms with Gasteiger partial charge >= 0.3 is 13.2 Å². The maximum atomic E-state index is 12.9. The molecule has 4 rings (SSSR count). The molecule has 0 radical (unpaired) electrons. The Labute approximate surface area is 214 Å². The number of aromatic nitrogens is 2. The highest BCUT2D eigenvalue weighted by Gasteiger charge is 2.51.